The van der Waals surface area contributed by atoms with Crippen molar-refractivity contribution in [2.24, 2.45) is 5.11 Å². The standard InChI is InChI=1S/C16H32N4O2/c1-4-5-6-7-8-9-10-11-12-14(2)18-16(21)22-13-15(3)19-20-17/h14-15H,4-13H2,1-3H3,(H,18,21). The van der Waals surface area contributed by atoms with E-state index in [2.05, 4.69) is 22.3 Å². The highest BCUT2D eigenvalue weighted by Gasteiger charge is 2.09. The predicted molar refractivity (Wildman–Crippen MR) is 89.8 cm³/mol. The van der Waals surface area contributed by atoms with Gasteiger partial charge in [-0.05, 0) is 18.9 Å². The van der Waals surface area contributed by atoms with Gasteiger partial charge in [-0.1, -0.05) is 70.3 Å². The summed E-state index contributed by atoms with van der Waals surface area (Å²) in [6.07, 6.45) is 10.8. The highest BCUT2D eigenvalue weighted by Crippen LogP contribution is 2.10. The van der Waals surface area contributed by atoms with Gasteiger partial charge in [-0.2, -0.15) is 0 Å². The van der Waals surface area contributed by atoms with Crippen LogP contribution >= 0.6 is 0 Å². The molecule has 2 unspecified atom stereocenters. The summed E-state index contributed by atoms with van der Waals surface area (Å²) in [6.45, 7) is 6.04. The van der Waals surface area contributed by atoms with Crippen molar-refractivity contribution in [2.45, 2.75) is 90.6 Å². The molecular weight excluding hydrogens is 280 g/mol. The average molecular weight is 312 g/mol. The number of rotatable bonds is 13. The molecule has 0 saturated carbocycles. The average Bonchev–Trinajstić information content (AvgIpc) is 2.48. The Morgan fingerprint density at radius 2 is 1.73 bits per heavy atom. The zero-order valence-electron chi connectivity index (χ0n) is 14.4. The van der Waals surface area contributed by atoms with Crippen LogP contribution in [0.25, 0.3) is 10.4 Å². The molecule has 1 amide bonds. The lowest BCUT2D eigenvalue weighted by atomic mass is 10.1. The van der Waals surface area contributed by atoms with Crippen molar-refractivity contribution in [3.8, 4) is 0 Å². The summed E-state index contributed by atoms with van der Waals surface area (Å²) in [5.41, 5.74) is 8.25. The van der Waals surface area contributed by atoms with Crippen molar-refractivity contribution in [1.82, 2.24) is 5.32 Å². The molecule has 0 aliphatic carbocycles. The van der Waals surface area contributed by atoms with Crippen LogP contribution in [0.4, 0.5) is 4.79 Å². The number of amides is 1. The van der Waals surface area contributed by atoms with E-state index in [-0.39, 0.29) is 18.7 Å². The normalized spacial score (nSPS) is 13.0. The summed E-state index contributed by atoms with van der Waals surface area (Å²) in [5.74, 6) is 0. The lowest BCUT2D eigenvalue weighted by Gasteiger charge is -2.14. The zero-order chi connectivity index (χ0) is 16.6. The fourth-order valence-corrected chi connectivity index (χ4v) is 2.22. The van der Waals surface area contributed by atoms with Gasteiger partial charge in [0.15, 0.2) is 0 Å². The van der Waals surface area contributed by atoms with Gasteiger partial charge in [-0.25, -0.2) is 4.79 Å². The highest BCUT2D eigenvalue weighted by molar-refractivity contribution is 5.67. The first-order valence-corrected chi connectivity index (χ1v) is 8.57. The van der Waals surface area contributed by atoms with Crippen molar-refractivity contribution >= 4 is 6.09 Å². The molecule has 0 aliphatic rings. The smallest absolute Gasteiger partial charge is 0.407 e. The first-order valence-electron chi connectivity index (χ1n) is 8.57. The van der Waals surface area contributed by atoms with Crippen LogP contribution in [0.15, 0.2) is 5.11 Å². The van der Waals surface area contributed by atoms with Gasteiger partial charge < -0.3 is 10.1 Å². The number of hydrogen-bond donors (Lipinski definition) is 1. The van der Waals surface area contributed by atoms with E-state index in [0.717, 1.165) is 12.8 Å². The Morgan fingerprint density at radius 3 is 2.32 bits per heavy atom. The van der Waals surface area contributed by atoms with Gasteiger partial charge in [0.05, 0.1) is 6.04 Å². The van der Waals surface area contributed by atoms with E-state index in [1.165, 1.54) is 44.9 Å². The zero-order valence-corrected chi connectivity index (χ0v) is 14.4. The van der Waals surface area contributed by atoms with Crippen LogP contribution in [0.2, 0.25) is 0 Å². The monoisotopic (exact) mass is 312 g/mol. The van der Waals surface area contributed by atoms with Crippen molar-refractivity contribution in [3.63, 3.8) is 0 Å². The van der Waals surface area contributed by atoms with Crippen molar-refractivity contribution < 1.29 is 9.53 Å². The van der Waals surface area contributed by atoms with Crippen LogP contribution in [0, 0.1) is 0 Å². The second-order valence-corrected chi connectivity index (χ2v) is 5.96. The Balaban J connectivity index is 3.50. The molecule has 0 aliphatic heterocycles. The minimum Gasteiger partial charge on any atom is -0.449 e. The molecule has 0 spiro atoms. The van der Waals surface area contributed by atoms with Gasteiger partial charge in [0, 0.05) is 11.0 Å². The molecule has 0 aromatic heterocycles. The Bertz CT molecular complexity index is 330. The van der Waals surface area contributed by atoms with Crippen LogP contribution in [0.5, 0.6) is 0 Å². The Kier molecular flexibility index (Phi) is 13.6. The van der Waals surface area contributed by atoms with Gasteiger partial charge in [0.2, 0.25) is 0 Å². The van der Waals surface area contributed by atoms with Crippen LogP contribution in [-0.4, -0.2) is 24.8 Å². The SMILES string of the molecule is CCCCCCCCCCC(C)NC(=O)OCC(C)N=[N+]=[N-]. The summed E-state index contributed by atoms with van der Waals surface area (Å²) in [7, 11) is 0. The molecule has 2 atom stereocenters. The predicted octanol–water partition coefficient (Wildman–Crippen LogP) is 5.33. The van der Waals surface area contributed by atoms with E-state index in [1.807, 2.05) is 6.92 Å². The summed E-state index contributed by atoms with van der Waals surface area (Å²) < 4.78 is 4.99. The van der Waals surface area contributed by atoms with Gasteiger partial charge in [0.1, 0.15) is 6.61 Å². The number of unbranched alkanes of at least 4 members (excludes halogenated alkanes) is 7. The number of azide groups is 1. The number of carbonyl (C=O) groups excluding carboxylic acids is 1. The molecule has 6 heteroatoms. The molecule has 0 aromatic carbocycles. The third kappa shape index (κ3) is 13.6. The Labute approximate surface area is 134 Å². The van der Waals surface area contributed by atoms with E-state index in [0.29, 0.717) is 0 Å². The molecule has 1 N–H and O–H groups in total. The number of alkyl carbamates (subject to hydrolysis) is 1. The van der Waals surface area contributed by atoms with Crippen molar-refractivity contribution in [3.05, 3.63) is 10.4 Å². The maximum Gasteiger partial charge on any atom is 0.407 e. The maximum atomic E-state index is 11.5. The number of hydrogen-bond acceptors (Lipinski definition) is 3. The van der Waals surface area contributed by atoms with Gasteiger partial charge in [-0.3, -0.25) is 0 Å². The Morgan fingerprint density at radius 1 is 1.14 bits per heavy atom. The van der Waals surface area contributed by atoms with Crippen LogP contribution in [0.3, 0.4) is 0 Å². The third-order valence-electron chi connectivity index (χ3n) is 3.56. The van der Waals surface area contributed by atoms with E-state index < -0.39 is 6.09 Å². The molecule has 0 radical (unpaired) electrons. The first-order chi connectivity index (χ1) is 10.6. The number of carbonyl (C=O) groups is 1. The summed E-state index contributed by atoms with van der Waals surface area (Å²) in [5, 5.41) is 6.25. The molecule has 0 saturated heterocycles. The lowest BCUT2D eigenvalue weighted by molar-refractivity contribution is 0.137. The molecular formula is C16H32N4O2. The van der Waals surface area contributed by atoms with Crippen LogP contribution in [0.1, 0.15) is 78.6 Å². The van der Waals surface area contributed by atoms with Crippen molar-refractivity contribution in [2.75, 3.05) is 6.61 Å². The van der Waals surface area contributed by atoms with Gasteiger partial charge in [-0.15, -0.1) is 0 Å². The highest BCUT2D eigenvalue weighted by atomic mass is 16.5. The molecule has 6 nitrogen and oxygen atoms in total. The lowest BCUT2D eigenvalue weighted by Crippen LogP contribution is -2.34. The molecule has 128 valence electrons. The largest absolute Gasteiger partial charge is 0.449 e. The number of nitrogens with one attached hydrogen (secondary N) is 1. The fraction of sp³-hybridized carbons (Fsp3) is 0.938. The quantitative estimate of drug-likeness (QED) is 0.215. The Hall–Kier alpha value is -1.42. The summed E-state index contributed by atoms with van der Waals surface area (Å²) in [6, 6.07) is -0.221. The second-order valence-electron chi connectivity index (χ2n) is 5.96. The fourth-order valence-electron chi connectivity index (χ4n) is 2.22. The molecule has 0 heterocycles. The third-order valence-corrected chi connectivity index (χ3v) is 3.56. The summed E-state index contributed by atoms with van der Waals surface area (Å²) >= 11 is 0. The number of nitrogens with zero attached hydrogens (tertiary/aromatic N) is 3. The molecule has 0 bridgehead atoms. The minimum atomic E-state index is -0.438. The van der Waals surface area contributed by atoms with Crippen molar-refractivity contribution in [1.29, 1.82) is 0 Å². The molecule has 22 heavy (non-hydrogen) atoms. The molecule has 0 aromatic rings. The molecule has 0 fully saturated rings. The second kappa shape index (κ2) is 14.5. The van der Waals surface area contributed by atoms with Crippen LogP contribution in [-0.2, 0) is 4.74 Å². The van der Waals surface area contributed by atoms with Gasteiger partial charge in [0.25, 0.3) is 0 Å². The van der Waals surface area contributed by atoms with E-state index in [4.69, 9.17) is 10.3 Å². The minimum absolute atomic E-state index is 0.111. The van der Waals surface area contributed by atoms with Gasteiger partial charge >= 0.3 is 6.09 Å². The van der Waals surface area contributed by atoms with E-state index >= 15 is 0 Å². The van der Waals surface area contributed by atoms with E-state index in [9.17, 15) is 4.79 Å². The van der Waals surface area contributed by atoms with Crippen LogP contribution < -0.4 is 5.32 Å². The first kappa shape index (κ1) is 20.6. The van der Waals surface area contributed by atoms with E-state index in [1.54, 1.807) is 6.92 Å². The molecule has 0 rings (SSSR count). The topological polar surface area (TPSA) is 87.1 Å². The maximum absolute atomic E-state index is 11.5. The number of ether oxygens (including phenoxy) is 1. The summed E-state index contributed by atoms with van der Waals surface area (Å²) in [4.78, 5) is 14.2.